The van der Waals surface area contributed by atoms with Crippen LogP contribution in [0.5, 0.6) is 0 Å². The van der Waals surface area contributed by atoms with Crippen LogP contribution in [0, 0.1) is 0 Å². The Morgan fingerprint density at radius 1 is 1.07 bits per heavy atom. The van der Waals surface area contributed by atoms with Crippen molar-refractivity contribution in [3.8, 4) is 0 Å². The number of likely N-dealkylation sites (N-methyl/N-ethyl adjacent to an activating group) is 1. The first-order valence-corrected chi connectivity index (χ1v) is 6.38. The van der Waals surface area contributed by atoms with Crippen LogP contribution in [0.3, 0.4) is 0 Å². The summed E-state index contributed by atoms with van der Waals surface area (Å²) >= 11 is 0. The molecule has 0 aromatic heterocycles. The smallest absolute Gasteiger partial charge is 0.0235 e. The number of nitrogens with zero attached hydrogens (tertiary/aromatic N) is 1. The van der Waals surface area contributed by atoms with Gasteiger partial charge in [0.25, 0.3) is 0 Å². The quantitative estimate of drug-likeness (QED) is 0.743. The fourth-order valence-electron chi connectivity index (χ4n) is 3.15. The second-order valence-corrected chi connectivity index (χ2v) is 4.77. The van der Waals surface area contributed by atoms with Crippen LogP contribution in [0.4, 0.5) is 0 Å². The van der Waals surface area contributed by atoms with Gasteiger partial charge in [0.1, 0.15) is 0 Å². The normalized spacial score (nSPS) is 30.0. The monoisotopic (exact) mass is 196 g/mol. The van der Waals surface area contributed by atoms with Gasteiger partial charge in [-0.15, -0.1) is 0 Å². The van der Waals surface area contributed by atoms with E-state index in [1.165, 1.54) is 58.2 Å². The van der Waals surface area contributed by atoms with Crippen LogP contribution in [0.25, 0.3) is 0 Å². The largest absolute Gasteiger partial charge is 0.315 e. The molecule has 0 radical (unpaired) electrons. The molecule has 0 unspecified atom stereocenters. The molecular formula is C12H24N2. The molecule has 1 heterocycles. The van der Waals surface area contributed by atoms with Crippen molar-refractivity contribution in [2.45, 2.75) is 57.5 Å². The van der Waals surface area contributed by atoms with Crippen molar-refractivity contribution in [3.63, 3.8) is 0 Å². The lowest BCUT2D eigenvalue weighted by Crippen LogP contribution is -2.45. The maximum absolute atomic E-state index is 3.48. The van der Waals surface area contributed by atoms with Gasteiger partial charge in [-0.3, -0.25) is 4.90 Å². The van der Waals surface area contributed by atoms with Gasteiger partial charge in [-0.1, -0.05) is 26.2 Å². The lowest BCUT2D eigenvalue weighted by Gasteiger charge is -2.37. The van der Waals surface area contributed by atoms with Crippen molar-refractivity contribution in [1.82, 2.24) is 10.2 Å². The van der Waals surface area contributed by atoms with E-state index in [1.807, 2.05) is 0 Å². The fourth-order valence-corrected chi connectivity index (χ4v) is 3.15. The van der Waals surface area contributed by atoms with E-state index in [-0.39, 0.29) is 0 Å². The van der Waals surface area contributed by atoms with Crippen molar-refractivity contribution < 1.29 is 0 Å². The zero-order valence-electron chi connectivity index (χ0n) is 9.47. The molecule has 2 rings (SSSR count). The molecule has 1 saturated carbocycles. The number of hydrogen-bond acceptors (Lipinski definition) is 2. The Labute approximate surface area is 88.1 Å². The second kappa shape index (κ2) is 5.13. The second-order valence-electron chi connectivity index (χ2n) is 4.77. The first-order chi connectivity index (χ1) is 6.92. The van der Waals surface area contributed by atoms with E-state index in [1.54, 1.807) is 0 Å². The zero-order chi connectivity index (χ0) is 9.80. The molecule has 0 spiro atoms. The summed E-state index contributed by atoms with van der Waals surface area (Å²) in [5, 5.41) is 3.48. The Bertz CT molecular complexity index is 158. The molecular weight excluding hydrogens is 172 g/mol. The van der Waals surface area contributed by atoms with Gasteiger partial charge in [0.05, 0.1) is 0 Å². The number of rotatable bonds is 3. The molecule has 2 fully saturated rings. The van der Waals surface area contributed by atoms with Crippen LogP contribution in [-0.2, 0) is 0 Å². The molecule has 1 aliphatic carbocycles. The first-order valence-electron chi connectivity index (χ1n) is 6.38. The Kier molecular flexibility index (Phi) is 3.82. The summed E-state index contributed by atoms with van der Waals surface area (Å²) in [6.07, 6.45) is 8.65. The molecule has 2 heteroatoms. The van der Waals surface area contributed by atoms with Crippen LogP contribution in [0.15, 0.2) is 0 Å². The average Bonchev–Trinajstić information content (AvgIpc) is 2.74. The summed E-state index contributed by atoms with van der Waals surface area (Å²) in [4.78, 5) is 2.76. The highest BCUT2D eigenvalue weighted by Gasteiger charge is 2.27. The van der Waals surface area contributed by atoms with Gasteiger partial charge in [0, 0.05) is 18.6 Å². The van der Waals surface area contributed by atoms with E-state index in [0.29, 0.717) is 0 Å². The standard InChI is InChI=1S/C12H24N2/c1-2-14(12-8-9-13-10-12)11-6-4-3-5-7-11/h11-13H,2-10H2,1H3/t12-/m0/s1. The third-order valence-electron chi connectivity index (χ3n) is 3.91. The molecule has 0 aromatic rings. The van der Waals surface area contributed by atoms with Crippen LogP contribution in [0.1, 0.15) is 45.4 Å². The molecule has 1 atom stereocenters. The van der Waals surface area contributed by atoms with Gasteiger partial charge in [0.2, 0.25) is 0 Å². The Balaban J connectivity index is 1.89. The Morgan fingerprint density at radius 3 is 2.43 bits per heavy atom. The highest BCUT2D eigenvalue weighted by molar-refractivity contribution is 4.85. The van der Waals surface area contributed by atoms with E-state index in [0.717, 1.165) is 12.1 Å². The summed E-state index contributed by atoms with van der Waals surface area (Å²) in [6.45, 7) is 6.03. The molecule has 1 saturated heterocycles. The minimum absolute atomic E-state index is 0.836. The predicted octanol–water partition coefficient (Wildman–Crippen LogP) is 2.00. The van der Waals surface area contributed by atoms with E-state index in [4.69, 9.17) is 0 Å². The summed E-state index contributed by atoms with van der Waals surface area (Å²) < 4.78 is 0. The molecule has 14 heavy (non-hydrogen) atoms. The summed E-state index contributed by atoms with van der Waals surface area (Å²) in [5.41, 5.74) is 0. The molecule has 82 valence electrons. The van der Waals surface area contributed by atoms with Crippen molar-refractivity contribution in [2.24, 2.45) is 0 Å². The van der Waals surface area contributed by atoms with Crippen LogP contribution in [0.2, 0.25) is 0 Å². The van der Waals surface area contributed by atoms with E-state index in [9.17, 15) is 0 Å². The molecule has 0 bridgehead atoms. The predicted molar refractivity (Wildman–Crippen MR) is 60.5 cm³/mol. The van der Waals surface area contributed by atoms with Gasteiger partial charge in [-0.05, 0) is 32.4 Å². The fraction of sp³-hybridized carbons (Fsp3) is 1.00. The van der Waals surface area contributed by atoms with Crippen molar-refractivity contribution in [3.05, 3.63) is 0 Å². The summed E-state index contributed by atoms with van der Waals surface area (Å²) in [6, 6.07) is 1.74. The van der Waals surface area contributed by atoms with Gasteiger partial charge >= 0.3 is 0 Å². The maximum Gasteiger partial charge on any atom is 0.0235 e. The summed E-state index contributed by atoms with van der Waals surface area (Å²) in [7, 11) is 0. The van der Waals surface area contributed by atoms with Crippen LogP contribution >= 0.6 is 0 Å². The van der Waals surface area contributed by atoms with Crippen molar-refractivity contribution in [2.75, 3.05) is 19.6 Å². The Morgan fingerprint density at radius 2 is 1.86 bits per heavy atom. The topological polar surface area (TPSA) is 15.3 Å². The van der Waals surface area contributed by atoms with Crippen molar-refractivity contribution in [1.29, 1.82) is 0 Å². The highest BCUT2D eigenvalue weighted by Crippen LogP contribution is 2.25. The zero-order valence-corrected chi connectivity index (χ0v) is 9.47. The van der Waals surface area contributed by atoms with E-state index >= 15 is 0 Å². The SMILES string of the molecule is CCN(C1CCCCC1)[C@H]1CCNC1. The minimum Gasteiger partial charge on any atom is -0.315 e. The third kappa shape index (κ3) is 2.29. The van der Waals surface area contributed by atoms with E-state index < -0.39 is 0 Å². The van der Waals surface area contributed by atoms with Gasteiger partial charge < -0.3 is 5.32 Å². The molecule has 2 nitrogen and oxygen atoms in total. The third-order valence-corrected chi connectivity index (χ3v) is 3.91. The van der Waals surface area contributed by atoms with Gasteiger partial charge in [-0.25, -0.2) is 0 Å². The van der Waals surface area contributed by atoms with Crippen LogP contribution in [-0.4, -0.2) is 36.6 Å². The first kappa shape index (κ1) is 10.4. The van der Waals surface area contributed by atoms with Crippen LogP contribution < -0.4 is 5.32 Å². The van der Waals surface area contributed by atoms with Gasteiger partial charge in [-0.2, -0.15) is 0 Å². The maximum atomic E-state index is 3.48. The lowest BCUT2D eigenvalue weighted by molar-refractivity contribution is 0.119. The van der Waals surface area contributed by atoms with E-state index in [2.05, 4.69) is 17.1 Å². The molecule has 1 aliphatic heterocycles. The number of hydrogen-bond donors (Lipinski definition) is 1. The highest BCUT2D eigenvalue weighted by atomic mass is 15.2. The molecule has 0 aromatic carbocycles. The average molecular weight is 196 g/mol. The Hall–Kier alpha value is -0.0800. The van der Waals surface area contributed by atoms with Gasteiger partial charge in [0.15, 0.2) is 0 Å². The lowest BCUT2D eigenvalue weighted by atomic mass is 9.93. The minimum atomic E-state index is 0.836. The summed E-state index contributed by atoms with van der Waals surface area (Å²) in [5.74, 6) is 0. The number of nitrogens with one attached hydrogen (secondary N) is 1. The molecule has 1 N–H and O–H groups in total. The molecule has 0 amide bonds. The molecule has 2 aliphatic rings. The van der Waals surface area contributed by atoms with Crippen molar-refractivity contribution >= 4 is 0 Å².